The predicted molar refractivity (Wildman–Crippen MR) is 30.3 cm³/mol. The Kier molecular flexibility index (Phi) is 1.77. The van der Waals surface area contributed by atoms with Crippen molar-refractivity contribution in [3.05, 3.63) is 11.6 Å². The third-order valence-electron chi connectivity index (χ3n) is 1.07. The van der Waals surface area contributed by atoms with Crippen LogP contribution in [0.2, 0.25) is 0 Å². The molecule has 1 aromatic rings. The zero-order valence-corrected chi connectivity index (χ0v) is 5.19. The second-order valence-corrected chi connectivity index (χ2v) is 1.83. The molecule has 0 saturated heterocycles. The largest absolute Gasteiger partial charge is 0.259 e. The molecule has 3 nitrogen and oxygen atoms in total. The first-order valence-electron chi connectivity index (χ1n) is 2.90. The number of rotatable bonds is 2. The van der Waals surface area contributed by atoms with Crippen molar-refractivity contribution in [1.29, 1.82) is 0 Å². The van der Waals surface area contributed by atoms with Crippen LogP contribution in [0.15, 0.2) is 0 Å². The Bertz CT molecular complexity index is 184. The molecule has 0 radical (unpaired) electrons. The number of hydrogen-bond acceptors (Lipinski definition) is 2. The summed E-state index contributed by atoms with van der Waals surface area (Å²) in [6.45, 7) is 1.97. The number of aryl methyl sites for hydroxylation is 1. The predicted octanol–water partition coefficient (Wildman–Crippen LogP) is 0.896. The molecule has 1 N–H and O–H groups in total. The van der Waals surface area contributed by atoms with Gasteiger partial charge in [0.05, 0.1) is 5.69 Å². The molecule has 0 amide bonds. The van der Waals surface area contributed by atoms with Crippen LogP contribution in [0, 0.1) is 5.95 Å². The Morgan fingerprint density at radius 3 is 2.89 bits per heavy atom. The highest BCUT2D eigenvalue weighted by atomic mass is 19.1. The molecular formula is C5H8FN3. The van der Waals surface area contributed by atoms with E-state index >= 15 is 0 Å². The molecule has 1 aromatic heterocycles. The molecule has 50 valence electrons. The number of aromatic amines is 1. The van der Waals surface area contributed by atoms with Crippen molar-refractivity contribution in [3.63, 3.8) is 0 Å². The van der Waals surface area contributed by atoms with Gasteiger partial charge >= 0.3 is 0 Å². The van der Waals surface area contributed by atoms with Gasteiger partial charge in [-0.25, -0.2) is 0 Å². The SMILES string of the molecule is CCCc1[nH]nnc1F. The summed E-state index contributed by atoms with van der Waals surface area (Å²) < 4.78 is 12.3. The summed E-state index contributed by atoms with van der Waals surface area (Å²) in [5.74, 6) is -0.475. The second kappa shape index (κ2) is 2.57. The van der Waals surface area contributed by atoms with E-state index in [0.717, 1.165) is 6.42 Å². The zero-order chi connectivity index (χ0) is 6.69. The van der Waals surface area contributed by atoms with E-state index in [-0.39, 0.29) is 0 Å². The van der Waals surface area contributed by atoms with Gasteiger partial charge in [-0.05, 0) is 6.42 Å². The summed E-state index contributed by atoms with van der Waals surface area (Å²) >= 11 is 0. The lowest BCUT2D eigenvalue weighted by molar-refractivity contribution is 0.564. The van der Waals surface area contributed by atoms with E-state index in [9.17, 15) is 4.39 Å². The summed E-state index contributed by atoms with van der Waals surface area (Å²) in [6, 6.07) is 0. The van der Waals surface area contributed by atoms with Crippen LogP contribution in [0.4, 0.5) is 4.39 Å². The van der Waals surface area contributed by atoms with Crippen molar-refractivity contribution in [2.24, 2.45) is 0 Å². The van der Waals surface area contributed by atoms with Crippen LogP contribution in [0.5, 0.6) is 0 Å². The highest BCUT2D eigenvalue weighted by molar-refractivity contribution is 4.93. The fraction of sp³-hybridized carbons (Fsp3) is 0.600. The Balaban J connectivity index is 2.69. The minimum Gasteiger partial charge on any atom is -0.259 e. The Labute approximate surface area is 52.3 Å². The molecule has 0 bridgehead atoms. The third kappa shape index (κ3) is 1.25. The quantitative estimate of drug-likeness (QED) is 0.644. The fourth-order valence-electron chi connectivity index (χ4n) is 0.645. The molecule has 1 heterocycles. The van der Waals surface area contributed by atoms with Crippen molar-refractivity contribution < 1.29 is 4.39 Å². The zero-order valence-electron chi connectivity index (χ0n) is 5.19. The third-order valence-corrected chi connectivity index (χ3v) is 1.07. The molecule has 4 heteroatoms. The van der Waals surface area contributed by atoms with Crippen molar-refractivity contribution in [2.45, 2.75) is 19.8 Å². The molecule has 0 saturated carbocycles. The van der Waals surface area contributed by atoms with Gasteiger partial charge in [-0.1, -0.05) is 23.7 Å². The van der Waals surface area contributed by atoms with E-state index in [1.807, 2.05) is 6.92 Å². The normalized spacial score (nSPS) is 10.0. The van der Waals surface area contributed by atoms with Gasteiger partial charge in [0, 0.05) is 0 Å². The van der Waals surface area contributed by atoms with E-state index in [1.165, 1.54) is 0 Å². The standard InChI is InChI=1S/C5H8FN3/c1-2-3-4-5(6)8-9-7-4/h2-3H2,1H3,(H,7,8,9). The fourth-order valence-corrected chi connectivity index (χ4v) is 0.645. The highest BCUT2D eigenvalue weighted by Gasteiger charge is 2.02. The average Bonchev–Trinajstić information content (AvgIpc) is 2.18. The monoisotopic (exact) mass is 129 g/mol. The van der Waals surface area contributed by atoms with E-state index in [1.54, 1.807) is 0 Å². The molecule has 0 spiro atoms. The van der Waals surface area contributed by atoms with Gasteiger partial charge in [0.1, 0.15) is 0 Å². The van der Waals surface area contributed by atoms with E-state index in [0.29, 0.717) is 12.1 Å². The van der Waals surface area contributed by atoms with Crippen LogP contribution in [-0.4, -0.2) is 15.4 Å². The molecule has 0 aliphatic rings. The van der Waals surface area contributed by atoms with Gasteiger partial charge in [-0.3, -0.25) is 5.10 Å². The van der Waals surface area contributed by atoms with Crippen molar-refractivity contribution in [1.82, 2.24) is 15.4 Å². The van der Waals surface area contributed by atoms with Gasteiger partial charge in [0.25, 0.3) is 5.95 Å². The van der Waals surface area contributed by atoms with E-state index < -0.39 is 5.95 Å². The van der Waals surface area contributed by atoms with Gasteiger partial charge in [-0.15, -0.1) is 0 Å². The first-order chi connectivity index (χ1) is 4.34. The van der Waals surface area contributed by atoms with Crippen LogP contribution in [-0.2, 0) is 6.42 Å². The first kappa shape index (κ1) is 6.19. The number of aromatic nitrogens is 3. The molecule has 0 aliphatic carbocycles. The highest BCUT2D eigenvalue weighted by Crippen LogP contribution is 1.99. The van der Waals surface area contributed by atoms with Gasteiger partial charge < -0.3 is 0 Å². The van der Waals surface area contributed by atoms with Crippen LogP contribution < -0.4 is 0 Å². The summed E-state index contributed by atoms with van der Waals surface area (Å²) in [7, 11) is 0. The Morgan fingerprint density at radius 1 is 1.67 bits per heavy atom. The number of halogens is 1. The molecule has 9 heavy (non-hydrogen) atoms. The summed E-state index contributed by atoms with van der Waals surface area (Å²) in [4.78, 5) is 0. The smallest absolute Gasteiger partial charge is 0.255 e. The Hall–Kier alpha value is -0.930. The van der Waals surface area contributed by atoms with Crippen LogP contribution in [0.25, 0.3) is 0 Å². The van der Waals surface area contributed by atoms with Gasteiger partial charge in [0.2, 0.25) is 0 Å². The van der Waals surface area contributed by atoms with Crippen LogP contribution in [0.3, 0.4) is 0 Å². The van der Waals surface area contributed by atoms with Crippen LogP contribution in [0.1, 0.15) is 19.0 Å². The topological polar surface area (TPSA) is 41.6 Å². The number of hydrogen-bond donors (Lipinski definition) is 1. The lowest BCUT2D eigenvalue weighted by Crippen LogP contribution is -1.86. The maximum Gasteiger partial charge on any atom is 0.255 e. The second-order valence-electron chi connectivity index (χ2n) is 1.83. The first-order valence-corrected chi connectivity index (χ1v) is 2.90. The minimum absolute atomic E-state index is 0.475. The summed E-state index contributed by atoms with van der Waals surface area (Å²) in [6.07, 6.45) is 1.58. The summed E-state index contributed by atoms with van der Waals surface area (Å²) in [5.41, 5.74) is 0.498. The van der Waals surface area contributed by atoms with E-state index in [2.05, 4.69) is 15.4 Å². The van der Waals surface area contributed by atoms with Gasteiger partial charge in [-0.2, -0.15) is 4.39 Å². The molecule has 0 atom stereocenters. The van der Waals surface area contributed by atoms with Crippen molar-refractivity contribution in [3.8, 4) is 0 Å². The molecule has 0 fully saturated rings. The molecule has 1 rings (SSSR count). The van der Waals surface area contributed by atoms with Crippen molar-refractivity contribution >= 4 is 0 Å². The maximum absolute atomic E-state index is 12.3. The summed E-state index contributed by atoms with van der Waals surface area (Å²) in [5, 5.41) is 8.92. The van der Waals surface area contributed by atoms with E-state index in [4.69, 9.17) is 0 Å². The van der Waals surface area contributed by atoms with Gasteiger partial charge in [0.15, 0.2) is 0 Å². The minimum atomic E-state index is -0.475. The molecule has 0 aliphatic heterocycles. The number of H-pyrrole nitrogens is 1. The average molecular weight is 129 g/mol. The number of nitrogens with zero attached hydrogens (tertiary/aromatic N) is 2. The molecular weight excluding hydrogens is 121 g/mol. The Morgan fingerprint density at radius 2 is 2.44 bits per heavy atom. The molecule has 0 aromatic carbocycles. The van der Waals surface area contributed by atoms with Crippen molar-refractivity contribution in [2.75, 3.05) is 0 Å². The van der Waals surface area contributed by atoms with Crippen LogP contribution >= 0.6 is 0 Å². The maximum atomic E-state index is 12.3. The lowest BCUT2D eigenvalue weighted by Gasteiger charge is -1.86. The lowest BCUT2D eigenvalue weighted by atomic mass is 10.3. The number of nitrogens with one attached hydrogen (secondary N) is 1. The molecule has 0 unspecified atom stereocenters.